The van der Waals surface area contributed by atoms with Crippen molar-refractivity contribution in [1.82, 2.24) is 24.1 Å². The maximum Gasteiger partial charge on any atom is 0.467 e. The van der Waals surface area contributed by atoms with Crippen LogP contribution in [-0.2, 0) is 43.9 Å². The second kappa shape index (κ2) is 11.3. The zero-order chi connectivity index (χ0) is 31.3. The van der Waals surface area contributed by atoms with E-state index >= 15 is 0 Å². The van der Waals surface area contributed by atoms with Crippen LogP contribution in [0.3, 0.4) is 0 Å². The number of fused-ring (bicyclic) bond motifs is 4. The van der Waals surface area contributed by atoms with Crippen molar-refractivity contribution in [2.24, 2.45) is 0 Å². The molecular weight excluding hydrogens is 568 g/mol. The first kappa shape index (κ1) is 30.5. The normalized spacial score (nSPS) is 15.5. The number of carbonyl (C=O) groups is 2. The molecule has 1 atom stereocenters. The molecule has 0 bridgehead atoms. The van der Waals surface area contributed by atoms with Crippen LogP contribution in [0.15, 0.2) is 30.5 Å². The lowest BCUT2D eigenvalue weighted by Gasteiger charge is -2.35. The van der Waals surface area contributed by atoms with Crippen molar-refractivity contribution in [2.75, 3.05) is 4.90 Å². The predicted molar refractivity (Wildman–Crippen MR) is 165 cm³/mol. The van der Waals surface area contributed by atoms with Crippen molar-refractivity contribution < 1.29 is 23.3 Å². The summed E-state index contributed by atoms with van der Waals surface area (Å²) in [5.74, 6) is 0.710. The highest BCUT2D eigenvalue weighted by Gasteiger charge is 2.38. The number of anilines is 1. The Labute approximate surface area is 255 Å². The summed E-state index contributed by atoms with van der Waals surface area (Å²) in [5.41, 5.74) is 2.61. The molecule has 11 nitrogen and oxygen atoms in total. The molecule has 3 heterocycles. The number of amides is 1. The molecule has 1 aliphatic carbocycles. The van der Waals surface area contributed by atoms with Crippen LogP contribution < -0.4 is 4.90 Å². The van der Waals surface area contributed by atoms with Gasteiger partial charge in [0.2, 0.25) is 5.95 Å². The van der Waals surface area contributed by atoms with Gasteiger partial charge in [0.15, 0.2) is 11.5 Å². The van der Waals surface area contributed by atoms with Gasteiger partial charge in [-0.2, -0.15) is 14.6 Å². The fraction of sp³-hybridized carbons (Fsp3) is 0.516. The fourth-order valence-corrected chi connectivity index (χ4v) is 5.77. The van der Waals surface area contributed by atoms with E-state index in [1.807, 2.05) is 79.7 Å². The minimum Gasteiger partial charge on any atom is -0.443 e. The predicted octanol–water partition coefficient (Wildman–Crippen LogP) is 6.21. The average molecular weight is 608 g/mol. The van der Waals surface area contributed by atoms with E-state index in [1.54, 1.807) is 20.2 Å². The van der Waals surface area contributed by atoms with Gasteiger partial charge in [-0.15, -0.1) is 0 Å². The molecule has 1 aromatic carbocycles. The van der Waals surface area contributed by atoms with Crippen LogP contribution in [0.5, 0.6) is 0 Å². The Morgan fingerprint density at radius 2 is 1.77 bits per heavy atom. The molecule has 12 heteroatoms. The molecule has 1 amide bonds. The van der Waals surface area contributed by atoms with Crippen LogP contribution in [-0.4, -0.2) is 53.6 Å². The minimum atomic E-state index is -0.769. The van der Waals surface area contributed by atoms with Gasteiger partial charge >= 0.3 is 23.9 Å². The summed E-state index contributed by atoms with van der Waals surface area (Å²) in [5, 5.41) is 5.51. The highest BCUT2D eigenvalue weighted by molar-refractivity contribution is 7.64. The first-order valence-corrected chi connectivity index (χ1v) is 15.5. The lowest BCUT2D eigenvalue weighted by molar-refractivity contribution is 0.0527. The van der Waals surface area contributed by atoms with E-state index in [1.165, 1.54) is 0 Å². The highest BCUT2D eigenvalue weighted by Crippen LogP contribution is 2.36. The first-order valence-electron chi connectivity index (χ1n) is 14.5. The maximum absolute atomic E-state index is 14.0. The molecule has 0 N–H and O–H groups in total. The van der Waals surface area contributed by atoms with Crippen LogP contribution in [0.4, 0.5) is 15.5 Å². The Morgan fingerprint density at radius 1 is 1.07 bits per heavy atom. The van der Waals surface area contributed by atoms with Gasteiger partial charge < -0.3 is 9.47 Å². The maximum atomic E-state index is 14.0. The molecular formula is C31H39N6O5S+. The second-order valence-corrected chi connectivity index (χ2v) is 13.7. The van der Waals surface area contributed by atoms with Gasteiger partial charge in [0, 0.05) is 26.9 Å². The molecule has 0 unspecified atom stereocenters. The summed E-state index contributed by atoms with van der Waals surface area (Å²) < 4.78 is 26.5. The van der Waals surface area contributed by atoms with Crippen LogP contribution in [0.1, 0.15) is 90.4 Å². The molecule has 228 valence electrons. The highest BCUT2D eigenvalue weighted by atomic mass is 32.1. The number of para-hydroxylation sites is 1. The average Bonchev–Trinajstić information content (AvgIpc) is 3.46. The van der Waals surface area contributed by atoms with E-state index in [9.17, 15) is 13.8 Å². The van der Waals surface area contributed by atoms with Crippen molar-refractivity contribution in [3.05, 3.63) is 53.1 Å². The topological polar surface area (TPSA) is 121 Å². The molecule has 0 fully saturated rings. The minimum absolute atomic E-state index is 0.0343. The Balaban J connectivity index is 1.66. The summed E-state index contributed by atoms with van der Waals surface area (Å²) in [6.45, 7) is 15.1. The Bertz CT molecular complexity index is 1710. The van der Waals surface area contributed by atoms with Crippen LogP contribution in [0.2, 0.25) is 0 Å². The Hall–Kier alpha value is -3.93. The number of aromatic nitrogens is 5. The number of ether oxygens (including phenoxy) is 2. The largest absolute Gasteiger partial charge is 0.467 e. The van der Waals surface area contributed by atoms with Gasteiger partial charge in [-0.25, -0.2) is 24.0 Å². The van der Waals surface area contributed by atoms with Gasteiger partial charge in [-0.3, -0.25) is 0 Å². The number of rotatable bonds is 5. The fourth-order valence-electron chi connectivity index (χ4n) is 5.54. The van der Waals surface area contributed by atoms with E-state index in [0.29, 0.717) is 42.4 Å². The molecule has 0 aliphatic heterocycles. The standard InChI is InChI=1S/C31H39N6O5S/c1-18(2)22-16-32-37-26(22)33-25(17-43-40)34-27(37)35(28(38)41-30(3,4)5)19-13-14-24-21(15-19)20-11-9-10-12-23(20)36(24)29(39)42-31(6,7)8/h9-12,16,18-19H,13-15,17H2,1-8H3/q+1/t19-/m1/s1. The van der Waals surface area contributed by atoms with E-state index in [4.69, 9.17) is 14.5 Å². The summed E-state index contributed by atoms with van der Waals surface area (Å²) in [7, 11) is 0. The molecule has 5 rings (SSSR count). The van der Waals surface area contributed by atoms with Crippen LogP contribution >= 0.6 is 0 Å². The van der Waals surface area contributed by atoms with E-state index in [2.05, 4.69) is 10.1 Å². The molecule has 4 aromatic rings. The van der Waals surface area contributed by atoms with Crippen molar-refractivity contribution in [3.63, 3.8) is 0 Å². The van der Waals surface area contributed by atoms with Crippen LogP contribution in [0.25, 0.3) is 16.6 Å². The molecule has 0 spiro atoms. The zero-order valence-electron chi connectivity index (χ0n) is 26.0. The van der Waals surface area contributed by atoms with Crippen LogP contribution in [0, 0.1) is 0 Å². The molecule has 43 heavy (non-hydrogen) atoms. The smallest absolute Gasteiger partial charge is 0.443 e. The van der Waals surface area contributed by atoms with Gasteiger partial charge in [0.25, 0.3) is 5.75 Å². The number of hydrogen-bond donors (Lipinski definition) is 0. The number of nitrogens with zero attached hydrogens (tertiary/aromatic N) is 6. The third kappa shape index (κ3) is 6.11. The SMILES string of the molecule is CC(C)c1cnn2c(N(C(=O)OC(C)(C)C)[C@@H]3CCc4c(c5ccccc5n4C(=O)OC(C)(C)C)C3)nc(C[S+]=O)nc12. The first-order chi connectivity index (χ1) is 20.2. The monoisotopic (exact) mass is 607 g/mol. The van der Waals surface area contributed by atoms with Crippen molar-refractivity contribution in [2.45, 2.75) is 104 Å². The second-order valence-electron chi connectivity index (χ2n) is 13.2. The van der Waals surface area contributed by atoms with Gasteiger partial charge in [-0.05, 0) is 78.4 Å². The summed E-state index contributed by atoms with van der Waals surface area (Å²) in [6, 6.07) is 7.37. The molecule has 1 aliphatic rings. The van der Waals surface area contributed by atoms with Crippen molar-refractivity contribution in [1.29, 1.82) is 0 Å². The lowest BCUT2D eigenvalue weighted by Crippen LogP contribution is -2.47. The zero-order valence-corrected chi connectivity index (χ0v) is 26.8. The van der Waals surface area contributed by atoms with Crippen molar-refractivity contribution >= 4 is 46.4 Å². The summed E-state index contributed by atoms with van der Waals surface area (Å²) in [6.07, 6.45) is 2.22. The third-order valence-electron chi connectivity index (χ3n) is 7.22. The van der Waals surface area contributed by atoms with Gasteiger partial charge in [-0.1, -0.05) is 32.0 Å². The molecule has 0 saturated carbocycles. The number of benzene rings is 1. The van der Waals surface area contributed by atoms with E-state index in [-0.39, 0.29) is 23.7 Å². The quantitative estimate of drug-likeness (QED) is 0.246. The third-order valence-corrected chi connectivity index (χ3v) is 7.60. The molecule has 3 aromatic heterocycles. The molecule has 0 saturated heterocycles. The van der Waals surface area contributed by atoms with Gasteiger partial charge in [0.05, 0.1) is 11.7 Å². The Kier molecular flexibility index (Phi) is 8.02. The Morgan fingerprint density at radius 3 is 2.42 bits per heavy atom. The van der Waals surface area contributed by atoms with Gasteiger partial charge in [0.1, 0.15) is 11.2 Å². The summed E-state index contributed by atoms with van der Waals surface area (Å²) >= 11 is 0.370. The number of carbonyl (C=O) groups excluding carboxylic acids is 2. The number of hydrogen-bond acceptors (Lipinski definition) is 8. The molecule has 0 radical (unpaired) electrons. The van der Waals surface area contributed by atoms with Crippen molar-refractivity contribution in [3.8, 4) is 0 Å². The lowest BCUT2D eigenvalue weighted by atomic mass is 9.90. The summed E-state index contributed by atoms with van der Waals surface area (Å²) in [4.78, 5) is 38.3. The van der Waals surface area contributed by atoms with E-state index < -0.39 is 23.4 Å². The van der Waals surface area contributed by atoms with E-state index in [0.717, 1.165) is 27.7 Å².